The van der Waals surface area contributed by atoms with Crippen molar-refractivity contribution >= 4 is 11.3 Å². The van der Waals surface area contributed by atoms with E-state index >= 15 is 0 Å². The van der Waals surface area contributed by atoms with Gasteiger partial charge in [0.25, 0.3) is 0 Å². The SMILES string of the molecule is COCCNCc1ccccc1OCc1nc(C)c(C)s1. The van der Waals surface area contributed by atoms with Gasteiger partial charge >= 0.3 is 0 Å². The molecular weight excluding hydrogens is 284 g/mol. The van der Waals surface area contributed by atoms with Gasteiger partial charge in [-0.1, -0.05) is 18.2 Å². The van der Waals surface area contributed by atoms with Crippen molar-refractivity contribution in [1.82, 2.24) is 10.3 Å². The maximum atomic E-state index is 5.93. The number of para-hydroxylation sites is 1. The summed E-state index contributed by atoms with van der Waals surface area (Å²) in [6, 6.07) is 8.10. The number of thiazole rings is 1. The van der Waals surface area contributed by atoms with Gasteiger partial charge < -0.3 is 14.8 Å². The predicted octanol–water partition coefficient (Wildman–Crippen LogP) is 3.07. The van der Waals surface area contributed by atoms with Crippen LogP contribution in [0.3, 0.4) is 0 Å². The van der Waals surface area contributed by atoms with Crippen LogP contribution in [0.25, 0.3) is 0 Å². The van der Waals surface area contributed by atoms with Crippen molar-refractivity contribution < 1.29 is 9.47 Å². The Morgan fingerprint density at radius 3 is 2.76 bits per heavy atom. The summed E-state index contributed by atoms with van der Waals surface area (Å²) in [5, 5.41) is 4.36. The van der Waals surface area contributed by atoms with Crippen LogP contribution >= 0.6 is 11.3 Å². The van der Waals surface area contributed by atoms with Gasteiger partial charge in [-0.3, -0.25) is 0 Å². The number of rotatable bonds is 8. The summed E-state index contributed by atoms with van der Waals surface area (Å²) in [6.07, 6.45) is 0. The molecule has 114 valence electrons. The first-order valence-electron chi connectivity index (χ1n) is 7.04. The van der Waals surface area contributed by atoms with Gasteiger partial charge in [-0.2, -0.15) is 0 Å². The smallest absolute Gasteiger partial charge is 0.140 e. The Morgan fingerprint density at radius 2 is 2.05 bits per heavy atom. The van der Waals surface area contributed by atoms with E-state index in [4.69, 9.17) is 9.47 Å². The number of aromatic nitrogens is 1. The quantitative estimate of drug-likeness (QED) is 0.761. The highest BCUT2D eigenvalue weighted by Crippen LogP contribution is 2.22. The van der Waals surface area contributed by atoms with Crippen molar-refractivity contribution in [3.8, 4) is 5.75 Å². The highest BCUT2D eigenvalue weighted by molar-refractivity contribution is 7.11. The molecule has 0 saturated carbocycles. The molecule has 0 spiro atoms. The molecule has 1 aromatic carbocycles. The van der Waals surface area contributed by atoms with Crippen LogP contribution in [-0.4, -0.2) is 25.2 Å². The predicted molar refractivity (Wildman–Crippen MR) is 85.9 cm³/mol. The fourth-order valence-electron chi connectivity index (χ4n) is 1.93. The topological polar surface area (TPSA) is 43.4 Å². The summed E-state index contributed by atoms with van der Waals surface area (Å²) >= 11 is 1.70. The van der Waals surface area contributed by atoms with E-state index in [1.165, 1.54) is 4.88 Å². The van der Waals surface area contributed by atoms with E-state index in [1.807, 2.05) is 25.1 Å². The average molecular weight is 306 g/mol. The molecule has 21 heavy (non-hydrogen) atoms. The molecule has 0 unspecified atom stereocenters. The second-order valence-corrected chi connectivity index (χ2v) is 6.10. The molecule has 2 rings (SSSR count). The van der Waals surface area contributed by atoms with E-state index in [1.54, 1.807) is 18.4 Å². The minimum atomic E-state index is 0.522. The van der Waals surface area contributed by atoms with Crippen LogP contribution in [0.1, 0.15) is 21.1 Å². The Balaban J connectivity index is 1.93. The van der Waals surface area contributed by atoms with E-state index < -0.39 is 0 Å². The zero-order valence-electron chi connectivity index (χ0n) is 12.8. The number of hydrogen-bond acceptors (Lipinski definition) is 5. The molecule has 5 heteroatoms. The minimum absolute atomic E-state index is 0.522. The summed E-state index contributed by atoms with van der Waals surface area (Å²) in [5.74, 6) is 0.910. The lowest BCUT2D eigenvalue weighted by atomic mass is 10.2. The van der Waals surface area contributed by atoms with Gasteiger partial charge in [0.2, 0.25) is 0 Å². The number of hydrogen-bond donors (Lipinski definition) is 1. The third kappa shape index (κ3) is 4.81. The Kier molecular flexibility index (Phi) is 6.17. The normalized spacial score (nSPS) is 10.8. The second kappa shape index (κ2) is 8.12. The number of nitrogens with one attached hydrogen (secondary N) is 1. The van der Waals surface area contributed by atoms with Crippen molar-refractivity contribution in [2.45, 2.75) is 27.0 Å². The number of benzene rings is 1. The van der Waals surface area contributed by atoms with Crippen molar-refractivity contribution in [2.75, 3.05) is 20.3 Å². The van der Waals surface area contributed by atoms with Crippen LogP contribution in [0.2, 0.25) is 0 Å². The fraction of sp³-hybridized carbons (Fsp3) is 0.438. The Bertz CT molecular complexity index is 550. The molecule has 1 aromatic heterocycles. The molecule has 0 aliphatic heterocycles. The standard InChI is InChI=1S/C16H22N2O2S/c1-12-13(2)21-16(18-12)11-20-15-7-5-4-6-14(15)10-17-8-9-19-3/h4-7,17H,8-11H2,1-3H3. The largest absolute Gasteiger partial charge is 0.486 e. The fourth-order valence-corrected chi connectivity index (χ4v) is 2.78. The molecule has 0 radical (unpaired) electrons. The van der Waals surface area contributed by atoms with E-state index in [2.05, 4.69) is 23.3 Å². The number of nitrogens with zero attached hydrogens (tertiary/aromatic N) is 1. The van der Waals surface area contributed by atoms with Gasteiger partial charge in [0, 0.05) is 30.6 Å². The Morgan fingerprint density at radius 1 is 1.24 bits per heavy atom. The summed E-state index contributed by atoms with van der Waals surface area (Å²) in [6.45, 7) is 6.95. The molecule has 0 fully saturated rings. The van der Waals surface area contributed by atoms with Crippen LogP contribution in [-0.2, 0) is 17.9 Å². The number of methoxy groups -OCH3 is 1. The lowest BCUT2D eigenvalue weighted by molar-refractivity contribution is 0.199. The lowest BCUT2D eigenvalue weighted by Gasteiger charge is -2.11. The van der Waals surface area contributed by atoms with Gasteiger partial charge in [0.15, 0.2) is 0 Å². The molecule has 0 amide bonds. The monoisotopic (exact) mass is 306 g/mol. The number of aryl methyl sites for hydroxylation is 2. The summed E-state index contributed by atoms with van der Waals surface area (Å²) in [4.78, 5) is 5.76. The second-order valence-electron chi connectivity index (χ2n) is 4.82. The first-order chi connectivity index (χ1) is 10.2. The number of ether oxygens (including phenoxy) is 2. The van der Waals surface area contributed by atoms with Gasteiger partial charge in [-0.25, -0.2) is 4.98 Å². The third-order valence-corrected chi connectivity index (χ3v) is 4.24. The molecule has 4 nitrogen and oxygen atoms in total. The lowest BCUT2D eigenvalue weighted by Crippen LogP contribution is -2.19. The Labute approximate surface area is 130 Å². The van der Waals surface area contributed by atoms with Gasteiger partial charge in [-0.05, 0) is 19.9 Å². The molecule has 0 aliphatic carbocycles. The molecule has 1 N–H and O–H groups in total. The highest BCUT2D eigenvalue weighted by atomic mass is 32.1. The maximum absolute atomic E-state index is 5.93. The van der Waals surface area contributed by atoms with E-state index in [-0.39, 0.29) is 0 Å². The zero-order chi connectivity index (χ0) is 15.1. The zero-order valence-corrected chi connectivity index (χ0v) is 13.6. The first-order valence-corrected chi connectivity index (χ1v) is 7.85. The van der Waals surface area contributed by atoms with Gasteiger partial charge in [0.05, 0.1) is 12.3 Å². The molecule has 0 saturated heterocycles. The van der Waals surface area contributed by atoms with Crippen LogP contribution in [0.5, 0.6) is 5.75 Å². The van der Waals surface area contributed by atoms with E-state index in [0.29, 0.717) is 13.2 Å². The summed E-state index contributed by atoms with van der Waals surface area (Å²) in [5.41, 5.74) is 2.24. The summed E-state index contributed by atoms with van der Waals surface area (Å²) < 4.78 is 11.0. The molecule has 0 aliphatic rings. The average Bonchev–Trinajstić information content (AvgIpc) is 2.81. The van der Waals surface area contributed by atoms with Crippen LogP contribution in [0.15, 0.2) is 24.3 Å². The van der Waals surface area contributed by atoms with Crippen molar-refractivity contribution in [3.05, 3.63) is 45.4 Å². The summed E-state index contributed by atoms with van der Waals surface area (Å²) in [7, 11) is 1.71. The first kappa shape index (κ1) is 15.9. The van der Waals surface area contributed by atoms with Crippen LogP contribution < -0.4 is 10.1 Å². The van der Waals surface area contributed by atoms with Crippen LogP contribution in [0.4, 0.5) is 0 Å². The third-order valence-electron chi connectivity index (χ3n) is 3.19. The maximum Gasteiger partial charge on any atom is 0.140 e. The van der Waals surface area contributed by atoms with Crippen LogP contribution in [0, 0.1) is 13.8 Å². The highest BCUT2D eigenvalue weighted by Gasteiger charge is 2.07. The Hall–Kier alpha value is -1.43. The van der Waals surface area contributed by atoms with Crippen molar-refractivity contribution in [3.63, 3.8) is 0 Å². The van der Waals surface area contributed by atoms with Crippen molar-refractivity contribution in [1.29, 1.82) is 0 Å². The van der Waals surface area contributed by atoms with E-state index in [0.717, 1.165) is 35.1 Å². The molecule has 0 bridgehead atoms. The molecule has 0 atom stereocenters. The minimum Gasteiger partial charge on any atom is -0.486 e. The van der Waals surface area contributed by atoms with Gasteiger partial charge in [0.1, 0.15) is 17.4 Å². The van der Waals surface area contributed by atoms with Crippen molar-refractivity contribution in [2.24, 2.45) is 0 Å². The van der Waals surface area contributed by atoms with Gasteiger partial charge in [-0.15, -0.1) is 11.3 Å². The molecule has 2 aromatic rings. The molecular formula is C16H22N2O2S. The van der Waals surface area contributed by atoms with E-state index in [9.17, 15) is 0 Å². The molecule has 1 heterocycles.